The molecule has 0 saturated carbocycles. The first-order valence-corrected chi connectivity index (χ1v) is 6.85. The van der Waals surface area contributed by atoms with E-state index in [-0.39, 0.29) is 6.42 Å². The quantitative estimate of drug-likeness (QED) is 0.875. The fourth-order valence-electron chi connectivity index (χ4n) is 2.01. The molecule has 1 N–H and O–H groups in total. The molecule has 0 aromatic carbocycles. The van der Waals surface area contributed by atoms with Crippen LogP contribution in [0.15, 0.2) is 5.38 Å². The van der Waals surface area contributed by atoms with Crippen molar-refractivity contribution in [3.05, 3.63) is 16.1 Å². The Morgan fingerprint density at radius 2 is 2.53 bits per heavy atom. The van der Waals surface area contributed by atoms with E-state index < -0.39 is 5.97 Å². The molecular weight excluding hydrogens is 238 g/mol. The van der Waals surface area contributed by atoms with Gasteiger partial charge in [0.25, 0.3) is 0 Å². The summed E-state index contributed by atoms with van der Waals surface area (Å²) in [7, 11) is 0. The van der Waals surface area contributed by atoms with Crippen LogP contribution >= 0.6 is 11.3 Å². The summed E-state index contributed by atoms with van der Waals surface area (Å²) in [5, 5.41) is 11.7. The third-order valence-corrected chi connectivity index (χ3v) is 3.83. The number of carboxylic acid groups (broad SMARTS) is 1. The molecule has 0 spiro atoms. The van der Waals surface area contributed by atoms with Gasteiger partial charge in [0.1, 0.15) is 0 Å². The van der Waals surface area contributed by atoms with Crippen LogP contribution < -0.4 is 0 Å². The van der Waals surface area contributed by atoms with Crippen molar-refractivity contribution in [1.29, 1.82) is 0 Å². The van der Waals surface area contributed by atoms with Crippen LogP contribution in [0.5, 0.6) is 0 Å². The second-order valence-electron chi connectivity index (χ2n) is 4.41. The first-order chi connectivity index (χ1) is 8.24. The molecule has 0 bridgehead atoms. The van der Waals surface area contributed by atoms with Crippen molar-refractivity contribution in [2.45, 2.75) is 32.1 Å². The van der Waals surface area contributed by atoms with Gasteiger partial charge in [-0.05, 0) is 18.8 Å². The van der Waals surface area contributed by atoms with Crippen LogP contribution in [0.3, 0.4) is 0 Å². The van der Waals surface area contributed by atoms with Crippen molar-refractivity contribution < 1.29 is 14.6 Å². The van der Waals surface area contributed by atoms with Gasteiger partial charge in [0, 0.05) is 31.4 Å². The molecular formula is C12H17NO3S. The van der Waals surface area contributed by atoms with E-state index in [9.17, 15) is 4.79 Å². The highest BCUT2D eigenvalue weighted by Crippen LogP contribution is 2.21. The van der Waals surface area contributed by atoms with E-state index in [2.05, 4.69) is 4.98 Å². The van der Waals surface area contributed by atoms with Crippen LogP contribution in [0.2, 0.25) is 0 Å². The molecule has 5 heteroatoms. The SMILES string of the molecule is O=C(O)CCc1csc(CC2CCCOC2)n1. The lowest BCUT2D eigenvalue weighted by molar-refractivity contribution is -0.136. The monoisotopic (exact) mass is 255 g/mol. The van der Waals surface area contributed by atoms with Crippen molar-refractivity contribution in [2.75, 3.05) is 13.2 Å². The number of aromatic nitrogens is 1. The average Bonchev–Trinajstić information content (AvgIpc) is 2.75. The van der Waals surface area contributed by atoms with Crippen LogP contribution in [-0.4, -0.2) is 29.3 Å². The van der Waals surface area contributed by atoms with Gasteiger partial charge in [0.15, 0.2) is 0 Å². The summed E-state index contributed by atoms with van der Waals surface area (Å²) in [5.74, 6) is -0.178. The van der Waals surface area contributed by atoms with Crippen LogP contribution in [0.1, 0.15) is 30.0 Å². The lowest BCUT2D eigenvalue weighted by Crippen LogP contribution is -2.19. The summed E-state index contributed by atoms with van der Waals surface area (Å²) in [6.07, 6.45) is 4.02. The van der Waals surface area contributed by atoms with Gasteiger partial charge in [-0.25, -0.2) is 4.98 Å². The highest BCUT2D eigenvalue weighted by atomic mass is 32.1. The van der Waals surface area contributed by atoms with E-state index in [1.54, 1.807) is 11.3 Å². The van der Waals surface area contributed by atoms with E-state index in [0.717, 1.165) is 36.8 Å². The van der Waals surface area contributed by atoms with E-state index in [1.165, 1.54) is 6.42 Å². The van der Waals surface area contributed by atoms with E-state index in [0.29, 0.717) is 12.3 Å². The molecule has 1 aromatic rings. The molecule has 2 rings (SSSR count). The Balaban J connectivity index is 1.82. The number of nitrogens with zero attached hydrogens (tertiary/aromatic N) is 1. The standard InChI is InChI=1S/C12H17NO3S/c14-12(15)4-3-10-8-17-11(13-10)6-9-2-1-5-16-7-9/h8-9H,1-7H2,(H,14,15). The largest absolute Gasteiger partial charge is 0.481 e. The minimum atomic E-state index is -0.764. The number of aryl methyl sites for hydroxylation is 1. The minimum Gasteiger partial charge on any atom is -0.481 e. The maximum absolute atomic E-state index is 10.5. The van der Waals surface area contributed by atoms with E-state index in [4.69, 9.17) is 9.84 Å². The maximum Gasteiger partial charge on any atom is 0.303 e. The van der Waals surface area contributed by atoms with Crippen LogP contribution in [0.4, 0.5) is 0 Å². The molecule has 0 amide bonds. The smallest absolute Gasteiger partial charge is 0.303 e. The Labute approximate surface area is 105 Å². The third kappa shape index (κ3) is 4.09. The van der Waals surface area contributed by atoms with Gasteiger partial charge in [-0.3, -0.25) is 4.79 Å². The van der Waals surface area contributed by atoms with Crippen LogP contribution in [-0.2, 0) is 22.4 Å². The number of rotatable bonds is 5. The molecule has 4 nitrogen and oxygen atoms in total. The number of hydrogen-bond donors (Lipinski definition) is 1. The van der Waals surface area contributed by atoms with Gasteiger partial charge < -0.3 is 9.84 Å². The lowest BCUT2D eigenvalue weighted by atomic mass is 9.99. The molecule has 1 atom stereocenters. The molecule has 1 aromatic heterocycles. The Kier molecular flexibility index (Phi) is 4.50. The molecule has 0 radical (unpaired) electrons. The first-order valence-electron chi connectivity index (χ1n) is 5.97. The highest BCUT2D eigenvalue weighted by Gasteiger charge is 2.16. The number of carboxylic acids is 1. The summed E-state index contributed by atoms with van der Waals surface area (Å²) >= 11 is 1.64. The summed E-state index contributed by atoms with van der Waals surface area (Å²) in [5.41, 5.74) is 0.907. The van der Waals surface area contributed by atoms with Crippen molar-refractivity contribution in [2.24, 2.45) is 5.92 Å². The average molecular weight is 255 g/mol. The van der Waals surface area contributed by atoms with Gasteiger partial charge in [-0.2, -0.15) is 0 Å². The number of aliphatic carboxylic acids is 1. The molecule has 1 aliphatic rings. The second kappa shape index (κ2) is 6.12. The van der Waals surface area contributed by atoms with Crippen molar-refractivity contribution in [3.8, 4) is 0 Å². The molecule has 1 aliphatic heterocycles. The number of thiazole rings is 1. The molecule has 1 saturated heterocycles. The minimum absolute atomic E-state index is 0.162. The molecule has 1 fully saturated rings. The fraction of sp³-hybridized carbons (Fsp3) is 0.667. The zero-order chi connectivity index (χ0) is 12.1. The van der Waals surface area contributed by atoms with Crippen LogP contribution in [0, 0.1) is 5.92 Å². The molecule has 94 valence electrons. The normalized spacial score (nSPS) is 20.4. The first kappa shape index (κ1) is 12.5. The Bertz CT molecular complexity index is 372. The summed E-state index contributed by atoms with van der Waals surface area (Å²) in [6, 6.07) is 0. The molecule has 2 heterocycles. The lowest BCUT2D eigenvalue weighted by Gasteiger charge is -2.20. The number of carbonyl (C=O) groups is 1. The van der Waals surface area contributed by atoms with Gasteiger partial charge in [-0.15, -0.1) is 11.3 Å². The van der Waals surface area contributed by atoms with Crippen molar-refractivity contribution in [3.63, 3.8) is 0 Å². The highest BCUT2D eigenvalue weighted by molar-refractivity contribution is 7.09. The van der Waals surface area contributed by atoms with E-state index >= 15 is 0 Å². The summed E-state index contributed by atoms with van der Waals surface area (Å²) in [4.78, 5) is 14.9. The van der Waals surface area contributed by atoms with Gasteiger partial charge in [0.2, 0.25) is 0 Å². The third-order valence-electron chi connectivity index (χ3n) is 2.91. The number of ether oxygens (including phenoxy) is 1. The van der Waals surface area contributed by atoms with Crippen molar-refractivity contribution in [1.82, 2.24) is 4.98 Å². The van der Waals surface area contributed by atoms with Gasteiger partial charge >= 0.3 is 5.97 Å². The summed E-state index contributed by atoms with van der Waals surface area (Å²) < 4.78 is 5.44. The maximum atomic E-state index is 10.5. The molecule has 1 unspecified atom stereocenters. The Morgan fingerprint density at radius 1 is 1.65 bits per heavy atom. The van der Waals surface area contributed by atoms with Crippen molar-refractivity contribution >= 4 is 17.3 Å². The van der Waals surface area contributed by atoms with Gasteiger partial charge in [0.05, 0.1) is 17.1 Å². The Morgan fingerprint density at radius 3 is 3.24 bits per heavy atom. The molecule has 17 heavy (non-hydrogen) atoms. The van der Waals surface area contributed by atoms with E-state index in [1.807, 2.05) is 5.38 Å². The van der Waals surface area contributed by atoms with Crippen LogP contribution in [0.25, 0.3) is 0 Å². The topological polar surface area (TPSA) is 59.4 Å². The number of hydrogen-bond acceptors (Lipinski definition) is 4. The predicted molar refractivity (Wildman–Crippen MR) is 65.3 cm³/mol. The Hall–Kier alpha value is -0.940. The zero-order valence-corrected chi connectivity index (χ0v) is 10.5. The second-order valence-corrected chi connectivity index (χ2v) is 5.36. The predicted octanol–water partition coefficient (Wildman–Crippen LogP) is 2.13. The zero-order valence-electron chi connectivity index (χ0n) is 9.72. The summed E-state index contributed by atoms with van der Waals surface area (Å²) in [6.45, 7) is 1.72. The molecule has 0 aliphatic carbocycles. The van der Waals surface area contributed by atoms with Gasteiger partial charge in [-0.1, -0.05) is 0 Å². The fourth-order valence-corrected chi connectivity index (χ4v) is 2.95.